The average Bonchev–Trinajstić information content (AvgIpc) is 3.18. The molecular formula is C17H26N2O2. The fourth-order valence-corrected chi connectivity index (χ4v) is 2.87. The molecule has 2 aliphatic rings. The molecule has 1 unspecified atom stereocenters. The van der Waals surface area contributed by atoms with Gasteiger partial charge in [0.05, 0.1) is 0 Å². The van der Waals surface area contributed by atoms with Gasteiger partial charge >= 0.3 is 0 Å². The van der Waals surface area contributed by atoms with Crippen LogP contribution in [0.5, 0.6) is 11.5 Å². The van der Waals surface area contributed by atoms with Crippen LogP contribution in [0.25, 0.3) is 0 Å². The summed E-state index contributed by atoms with van der Waals surface area (Å²) in [4.78, 5) is 2.46. The molecule has 4 heteroatoms. The van der Waals surface area contributed by atoms with Gasteiger partial charge in [-0.1, -0.05) is 6.07 Å². The normalized spacial score (nSPS) is 19.8. The maximum Gasteiger partial charge on any atom is 0.231 e. The molecule has 1 aliphatic carbocycles. The molecule has 3 rings (SSSR count). The minimum absolute atomic E-state index is 0.0684. The van der Waals surface area contributed by atoms with Crippen molar-refractivity contribution in [1.29, 1.82) is 0 Å². The van der Waals surface area contributed by atoms with Crippen LogP contribution < -0.4 is 15.2 Å². The molecule has 116 valence electrons. The van der Waals surface area contributed by atoms with Crippen molar-refractivity contribution in [1.82, 2.24) is 4.90 Å². The van der Waals surface area contributed by atoms with Crippen molar-refractivity contribution < 1.29 is 9.47 Å². The van der Waals surface area contributed by atoms with Gasteiger partial charge in [-0.2, -0.15) is 0 Å². The van der Waals surface area contributed by atoms with E-state index in [1.165, 1.54) is 24.9 Å². The van der Waals surface area contributed by atoms with Gasteiger partial charge in [0.2, 0.25) is 6.79 Å². The van der Waals surface area contributed by atoms with Crippen LogP contribution >= 0.6 is 0 Å². The molecule has 0 amide bonds. The number of likely N-dealkylation sites (N-methyl/N-ethyl adjacent to an activating group) is 1. The van der Waals surface area contributed by atoms with Gasteiger partial charge < -0.3 is 15.2 Å². The second-order valence-electron chi connectivity index (χ2n) is 6.71. The van der Waals surface area contributed by atoms with Gasteiger partial charge in [-0.3, -0.25) is 4.90 Å². The molecule has 1 atom stereocenters. The Kier molecular flexibility index (Phi) is 4.09. The maximum absolute atomic E-state index is 6.07. The summed E-state index contributed by atoms with van der Waals surface area (Å²) in [5, 5.41) is 0. The first-order valence-electron chi connectivity index (χ1n) is 7.90. The molecule has 1 heterocycles. The number of aryl methyl sites for hydroxylation is 1. The van der Waals surface area contributed by atoms with E-state index in [2.05, 4.69) is 31.0 Å². The van der Waals surface area contributed by atoms with E-state index in [0.29, 0.717) is 13.3 Å². The Morgan fingerprint density at radius 3 is 2.76 bits per heavy atom. The SMILES string of the molecule is CN(CC1CC1)C(C)(CN)CCc1ccc2c(c1)OCO2. The minimum atomic E-state index is 0.0684. The first kappa shape index (κ1) is 14.7. The zero-order valence-electron chi connectivity index (χ0n) is 13.1. The van der Waals surface area contributed by atoms with Gasteiger partial charge in [0, 0.05) is 18.6 Å². The Morgan fingerprint density at radius 2 is 2.05 bits per heavy atom. The van der Waals surface area contributed by atoms with Gasteiger partial charge in [0.15, 0.2) is 11.5 Å². The van der Waals surface area contributed by atoms with Crippen molar-refractivity contribution in [3.63, 3.8) is 0 Å². The van der Waals surface area contributed by atoms with E-state index in [1.807, 2.05) is 6.07 Å². The monoisotopic (exact) mass is 290 g/mol. The summed E-state index contributed by atoms with van der Waals surface area (Å²) in [6.45, 7) is 4.49. The zero-order valence-corrected chi connectivity index (χ0v) is 13.1. The highest BCUT2D eigenvalue weighted by molar-refractivity contribution is 5.44. The third-order valence-corrected chi connectivity index (χ3v) is 4.98. The molecule has 4 nitrogen and oxygen atoms in total. The quantitative estimate of drug-likeness (QED) is 0.838. The molecule has 1 aromatic carbocycles. The van der Waals surface area contributed by atoms with Gasteiger partial charge in [-0.25, -0.2) is 0 Å². The molecule has 0 radical (unpaired) electrons. The number of hydrogen-bond donors (Lipinski definition) is 1. The number of hydrogen-bond acceptors (Lipinski definition) is 4. The Balaban J connectivity index is 1.61. The molecule has 1 aliphatic heterocycles. The van der Waals surface area contributed by atoms with E-state index >= 15 is 0 Å². The van der Waals surface area contributed by atoms with E-state index in [1.54, 1.807) is 0 Å². The Morgan fingerprint density at radius 1 is 1.29 bits per heavy atom. The van der Waals surface area contributed by atoms with Crippen molar-refractivity contribution in [2.45, 2.75) is 38.1 Å². The van der Waals surface area contributed by atoms with Crippen LogP contribution in [0.15, 0.2) is 18.2 Å². The highest BCUT2D eigenvalue weighted by atomic mass is 16.7. The second-order valence-corrected chi connectivity index (χ2v) is 6.71. The first-order chi connectivity index (χ1) is 10.1. The van der Waals surface area contributed by atoms with Crippen molar-refractivity contribution in [2.75, 3.05) is 26.9 Å². The number of fused-ring (bicyclic) bond motifs is 1. The fourth-order valence-electron chi connectivity index (χ4n) is 2.87. The van der Waals surface area contributed by atoms with Crippen LogP contribution in [-0.2, 0) is 6.42 Å². The second kappa shape index (κ2) is 5.85. The topological polar surface area (TPSA) is 47.7 Å². The number of nitrogens with zero attached hydrogens (tertiary/aromatic N) is 1. The molecule has 0 aromatic heterocycles. The van der Waals surface area contributed by atoms with Crippen LogP contribution in [0.1, 0.15) is 31.7 Å². The van der Waals surface area contributed by atoms with Gasteiger partial charge in [0.25, 0.3) is 0 Å². The van der Waals surface area contributed by atoms with E-state index in [0.717, 1.165) is 30.3 Å². The van der Waals surface area contributed by atoms with Crippen molar-refractivity contribution in [3.05, 3.63) is 23.8 Å². The summed E-state index contributed by atoms with van der Waals surface area (Å²) in [6, 6.07) is 6.23. The van der Waals surface area contributed by atoms with Crippen LogP contribution in [0.3, 0.4) is 0 Å². The summed E-state index contributed by atoms with van der Waals surface area (Å²) >= 11 is 0. The highest BCUT2D eigenvalue weighted by Gasteiger charge is 2.32. The molecule has 1 saturated carbocycles. The lowest BCUT2D eigenvalue weighted by atomic mass is 9.91. The maximum atomic E-state index is 6.07. The summed E-state index contributed by atoms with van der Waals surface area (Å²) < 4.78 is 10.8. The predicted octanol–water partition coefficient (Wildman–Crippen LogP) is 2.41. The van der Waals surface area contributed by atoms with Crippen LogP contribution in [-0.4, -0.2) is 37.4 Å². The van der Waals surface area contributed by atoms with Crippen LogP contribution in [0.4, 0.5) is 0 Å². The van der Waals surface area contributed by atoms with Crippen LogP contribution in [0, 0.1) is 5.92 Å². The smallest absolute Gasteiger partial charge is 0.231 e. The van der Waals surface area contributed by atoms with Gasteiger partial charge in [0.1, 0.15) is 0 Å². The molecule has 0 spiro atoms. The molecule has 1 fully saturated rings. The number of rotatable bonds is 7. The minimum Gasteiger partial charge on any atom is -0.454 e. The first-order valence-corrected chi connectivity index (χ1v) is 7.90. The van der Waals surface area contributed by atoms with Gasteiger partial charge in [-0.05, 0) is 63.3 Å². The van der Waals surface area contributed by atoms with Crippen molar-refractivity contribution >= 4 is 0 Å². The molecule has 2 N–H and O–H groups in total. The number of benzene rings is 1. The summed E-state index contributed by atoms with van der Waals surface area (Å²) in [7, 11) is 2.21. The van der Waals surface area contributed by atoms with Gasteiger partial charge in [-0.15, -0.1) is 0 Å². The Hall–Kier alpha value is -1.26. The highest BCUT2D eigenvalue weighted by Crippen LogP contribution is 2.34. The molecular weight excluding hydrogens is 264 g/mol. The molecule has 0 saturated heterocycles. The standard InChI is InChI=1S/C17H26N2O2/c1-17(11-18,19(2)10-14-3-4-14)8-7-13-5-6-15-16(9-13)21-12-20-15/h5-6,9,14H,3-4,7-8,10-12,18H2,1-2H3. The molecule has 0 bridgehead atoms. The third-order valence-electron chi connectivity index (χ3n) is 4.98. The lowest BCUT2D eigenvalue weighted by Gasteiger charge is -2.38. The lowest BCUT2D eigenvalue weighted by Crippen LogP contribution is -2.50. The van der Waals surface area contributed by atoms with E-state index in [9.17, 15) is 0 Å². The van der Waals surface area contributed by atoms with E-state index in [4.69, 9.17) is 15.2 Å². The van der Waals surface area contributed by atoms with Crippen molar-refractivity contribution in [2.24, 2.45) is 11.7 Å². The number of ether oxygens (including phenoxy) is 2. The van der Waals surface area contributed by atoms with E-state index in [-0.39, 0.29) is 5.54 Å². The average molecular weight is 290 g/mol. The van der Waals surface area contributed by atoms with Crippen LogP contribution in [0.2, 0.25) is 0 Å². The fraction of sp³-hybridized carbons (Fsp3) is 0.647. The molecule has 1 aromatic rings. The summed E-state index contributed by atoms with van der Waals surface area (Å²) in [6.07, 6.45) is 4.84. The summed E-state index contributed by atoms with van der Waals surface area (Å²) in [5.41, 5.74) is 7.43. The van der Waals surface area contributed by atoms with Crippen molar-refractivity contribution in [3.8, 4) is 11.5 Å². The lowest BCUT2D eigenvalue weighted by molar-refractivity contribution is 0.128. The zero-order chi connectivity index (χ0) is 14.9. The largest absolute Gasteiger partial charge is 0.454 e. The summed E-state index contributed by atoms with van der Waals surface area (Å²) in [5.74, 6) is 2.62. The Labute approximate surface area is 127 Å². The van der Waals surface area contributed by atoms with E-state index < -0.39 is 0 Å². The predicted molar refractivity (Wildman–Crippen MR) is 83.7 cm³/mol. The third kappa shape index (κ3) is 3.33. The Bertz CT molecular complexity index is 502. The molecule has 21 heavy (non-hydrogen) atoms. The number of nitrogens with two attached hydrogens (primary N) is 1.